The molecule has 0 fully saturated rings. The third kappa shape index (κ3) is 10.6. The maximum atomic E-state index is 10.4. The first-order chi connectivity index (χ1) is 8.11. The van der Waals surface area contributed by atoms with Gasteiger partial charge < -0.3 is 7.96 Å². The summed E-state index contributed by atoms with van der Waals surface area (Å²) in [5.74, 6) is -0.754. The molecule has 2 nitrogen and oxygen atoms in total. The van der Waals surface area contributed by atoms with Gasteiger partial charge in [-0.2, -0.15) is 0 Å². The van der Waals surface area contributed by atoms with Crippen molar-refractivity contribution in [1.82, 2.24) is 0 Å². The summed E-state index contributed by atoms with van der Waals surface area (Å²) in [4.78, 5) is 10.4. The van der Waals surface area contributed by atoms with Crippen LogP contribution in [0.5, 0.6) is 0 Å². The molecule has 0 aromatic heterocycles. The van der Waals surface area contributed by atoms with E-state index in [9.17, 15) is 4.79 Å². The minimum atomic E-state index is -0.643. The number of carboxylic acid groups (broad SMARTS) is 1. The zero-order valence-electron chi connectivity index (χ0n) is 13.9. The zero-order chi connectivity index (χ0) is 13.1. The molecule has 0 aliphatic rings. The van der Waals surface area contributed by atoms with Crippen LogP contribution in [0.25, 0.3) is 0 Å². The van der Waals surface area contributed by atoms with Crippen molar-refractivity contribution in [3.8, 4) is 0 Å². The van der Waals surface area contributed by atoms with E-state index in [4.69, 9.17) is 5.11 Å². The summed E-state index contributed by atoms with van der Waals surface area (Å²) in [5, 5.41) is 8.60. The number of hydrogen-bond donors (Lipinski definition) is 1. The predicted molar refractivity (Wildman–Crippen MR) is 80.1 cm³/mol. The van der Waals surface area contributed by atoms with Crippen LogP contribution in [-0.4, -0.2) is 34.1 Å². The topological polar surface area (TPSA) is 37.3 Å². The first-order valence-electron chi connectivity index (χ1n) is 6.36. The molecule has 0 amide bonds. The van der Waals surface area contributed by atoms with Crippen LogP contribution in [-0.2, 0) is 4.79 Å². The van der Waals surface area contributed by atoms with Gasteiger partial charge >= 0.3 is 29.0 Å². The van der Waals surface area contributed by atoms with Gasteiger partial charge in [0, 0.05) is 0 Å². The molecule has 1 N–H and O–H groups in total. The molecule has 0 radical (unpaired) electrons. The van der Waals surface area contributed by atoms with Crippen molar-refractivity contribution in [3.05, 3.63) is 35.9 Å². The summed E-state index contributed by atoms with van der Waals surface area (Å²) < 4.78 is 0. The quantitative estimate of drug-likeness (QED) is 0.810. The Hall–Kier alpha value is -0.544. The van der Waals surface area contributed by atoms with Crippen molar-refractivity contribution in [2.75, 3.05) is 0 Å². The average molecular weight is 263 g/mol. The molecule has 1 atom stereocenters. The van der Waals surface area contributed by atoms with Gasteiger partial charge in [0.25, 0.3) is 0 Å². The molecule has 100 valence electrons. The first-order valence-corrected chi connectivity index (χ1v) is 6.36. The summed E-state index contributed by atoms with van der Waals surface area (Å²) in [5.41, 5.74) is 1.32. The van der Waals surface area contributed by atoms with Crippen molar-refractivity contribution in [1.29, 1.82) is 0 Å². The Labute approximate surface area is 130 Å². The maximum absolute atomic E-state index is 10.4. The molecule has 0 aliphatic carbocycles. The minimum Gasteiger partial charge on any atom is -1.00 e. The van der Waals surface area contributed by atoms with Gasteiger partial charge in [-0.05, 0) is 19.8 Å². The molecule has 0 aliphatic heterocycles. The van der Waals surface area contributed by atoms with Crippen LogP contribution in [0.15, 0.2) is 30.3 Å². The van der Waals surface area contributed by atoms with Crippen LogP contribution in [0.2, 0.25) is 0 Å². The molecule has 0 saturated carbocycles. The summed E-state index contributed by atoms with van der Waals surface area (Å²) in [6.45, 7) is 6.09. The van der Waals surface area contributed by atoms with Gasteiger partial charge in [-0.15, -0.1) is 0 Å². The molecule has 18 heavy (non-hydrogen) atoms. The summed E-state index contributed by atoms with van der Waals surface area (Å²) in [6.07, 6.45) is 3.71. The molecule has 0 saturated heterocycles. The van der Waals surface area contributed by atoms with Crippen LogP contribution >= 0.6 is 0 Å². The van der Waals surface area contributed by atoms with Crippen LogP contribution in [0.3, 0.4) is 0 Å². The average Bonchev–Trinajstić information content (AvgIpc) is 2.31. The van der Waals surface area contributed by atoms with Gasteiger partial charge in [0.05, 0.1) is 5.92 Å². The van der Waals surface area contributed by atoms with E-state index in [0.29, 0.717) is 0 Å². The van der Waals surface area contributed by atoms with E-state index < -0.39 is 5.97 Å². The number of carbonyl (C=O) groups is 1. The Morgan fingerprint density at radius 1 is 1.28 bits per heavy atom. The van der Waals surface area contributed by atoms with Gasteiger partial charge in [-0.25, -0.2) is 0 Å². The Balaban J connectivity index is -0.000000115. The van der Waals surface area contributed by atoms with Crippen molar-refractivity contribution in [2.24, 2.45) is 5.92 Å². The van der Waals surface area contributed by atoms with Gasteiger partial charge in [-0.3, -0.25) is 4.79 Å². The molecule has 1 unspecified atom stereocenters. The van der Waals surface area contributed by atoms with Crippen LogP contribution in [0.4, 0.5) is 0 Å². The Bertz CT molecular complexity index is 308. The Morgan fingerprint density at radius 2 is 1.83 bits per heavy atom. The number of hydrogen-bond acceptors (Lipinski definition) is 1. The van der Waals surface area contributed by atoms with E-state index >= 15 is 0 Å². The molecule has 1 aromatic carbocycles. The second-order valence-electron chi connectivity index (χ2n) is 4.24. The number of carboxylic acids is 1. The van der Waals surface area contributed by atoms with Crippen LogP contribution < -0.4 is 0 Å². The summed E-state index contributed by atoms with van der Waals surface area (Å²) >= 11 is 0. The third-order valence-electron chi connectivity index (χ3n) is 2.69. The fourth-order valence-electron chi connectivity index (χ4n) is 1.49. The van der Waals surface area contributed by atoms with Gasteiger partial charge in [0.2, 0.25) is 0 Å². The van der Waals surface area contributed by atoms with Gasteiger partial charge in [0.1, 0.15) is 0 Å². The van der Waals surface area contributed by atoms with Crippen molar-refractivity contribution < 1.29 is 12.8 Å². The second-order valence-corrected chi connectivity index (χ2v) is 4.24. The molecule has 3 heteroatoms. The van der Waals surface area contributed by atoms with Crippen molar-refractivity contribution in [2.45, 2.75) is 46.5 Å². The maximum Gasteiger partial charge on any atom is 2.00 e. The van der Waals surface area contributed by atoms with Crippen LogP contribution in [0, 0.1) is 12.8 Å². The number of aryl methyl sites for hydroxylation is 1. The van der Waals surface area contributed by atoms with Gasteiger partial charge in [0.15, 0.2) is 0 Å². The number of benzene rings is 1. The predicted octanol–water partition coefficient (Wildman–Crippen LogP) is 4.13. The van der Waals surface area contributed by atoms with Gasteiger partial charge in [-0.1, -0.05) is 62.6 Å². The molecular formula is C15H26MgO2. The third-order valence-corrected chi connectivity index (χ3v) is 2.69. The standard InChI is InChI=1S/C8H16O2.C7H8.Mg.2H/c1-3-5-6-7(4-2)8(9)10;1-7-5-3-2-4-6-7;;;/h7H,3-6H2,1-2H3,(H,9,10);2-6H,1H3;;;/q;;+2;2*-1. The molecule has 0 spiro atoms. The van der Waals surface area contributed by atoms with E-state index in [0.717, 1.165) is 25.7 Å². The molecular weight excluding hydrogens is 236 g/mol. The number of aliphatic carboxylic acids is 1. The van der Waals surface area contributed by atoms with E-state index in [-0.39, 0.29) is 31.8 Å². The zero-order valence-corrected chi connectivity index (χ0v) is 13.3. The fraction of sp³-hybridized carbons (Fsp3) is 0.533. The van der Waals surface area contributed by atoms with Crippen molar-refractivity contribution in [3.63, 3.8) is 0 Å². The molecule has 0 heterocycles. The van der Waals surface area contributed by atoms with E-state index in [1.807, 2.05) is 25.1 Å². The van der Waals surface area contributed by atoms with Crippen LogP contribution in [0.1, 0.15) is 47.9 Å². The molecule has 0 bridgehead atoms. The summed E-state index contributed by atoms with van der Waals surface area (Å²) in [7, 11) is 0. The SMILES string of the molecule is CCCCC(CC)C(=O)O.Cc1ccccc1.[H-].[H-].[Mg+2]. The normalized spacial score (nSPS) is 10.6. The second kappa shape index (κ2) is 12.9. The van der Waals surface area contributed by atoms with E-state index in [1.54, 1.807) is 0 Å². The summed E-state index contributed by atoms with van der Waals surface area (Å²) in [6, 6.07) is 10.3. The van der Waals surface area contributed by atoms with E-state index in [2.05, 4.69) is 26.0 Å². The smallest absolute Gasteiger partial charge is 1.00 e. The van der Waals surface area contributed by atoms with E-state index in [1.165, 1.54) is 5.56 Å². The minimum absolute atomic E-state index is 0. The first kappa shape index (κ1) is 19.8. The van der Waals surface area contributed by atoms with Crippen molar-refractivity contribution >= 4 is 29.0 Å². The Kier molecular flexibility index (Phi) is 14.2. The Morgan fingerprint density at radius 3 is 2.11 bits per heavy atom. The monoisotopic (exact) mass is 262 g/mol. The molecule has 1 rings (SSSR count). The molecule has 1 aromatic rings. The fourth-order valence-corrected chi connectivity index (χ4v) is 1.49. The number of rotatable bonds is 5. The largest absolute Gasteiger partial charge is 2.00 e. The number of unbranched alkanes of at least 4 members (excludes halogenated alkanes) is 1.